The molecule has 0 radical (unpaired) electrons. The number of likely N-dealkylation sites (tertiary alicyclic amines) is 1. The summed E-state index contributed by atoms with van der Waals surface area (Å²) in [5.74, 6) is -0.171. The molecular formula is C12H22N2O4S. The number of carbonyl (C=O) groups is 1. The summed E-state index contributed by atoms with van der Waals surface area (Å²) in [6.07, 6.45) is 3.88. The lowest BCUT2D eigenvalue weighted by Gasteiger charge is -2.41. The highest BCUT2D eigenvalue weighted by atomic mass is 32.2. The Morgan fingerprint density at radius 1 is 1.47 bits per heavy atom. The Hall–Kier alpha value is -0.660. The standard InChI is InChI=1S/C12H22N2O4S/c1-12-5-6-14(10(12)4-3-9(15)7-12)11(16)8-13-19(2,17)18/h9-10,13,15H,3-8H2,1-2H3/t9-,10-,12+/m1/s1. The lowest BCUT2D eigenvalue weighted by Crippen LogP contribution is -2.48. The number of rotatable bonds is 3. The molecule has 2 aliphatic rings. The van der Waals surface area contributed by atoms with Gasteiger partial charge in [0.2, 0.25) is 15.9 Å². The third-order valence-electron chi connectivity index (χ3n) is 4.39. The van der Waals surface area contributed by atoms with Crippen molar-refractivity contribution in [2.75, 3.05) is 19.3 Å². The maximum absolute atomic E-state index is 12.1. The van der Waals surface area contributed by atoms with Crippen molar-refractivity contribution < 1.29 is 18.3 Å². The van der Waals surface area contributed by atoms with Crippen molar-refractivity contribution >= 4 is 15.9 Å². The number of carbonyl (C=O) groups excluding carboxylic acids is 1. The third-order valence-corrected chi connectivity index (χ3v) is 5.05. The van der Waals surface area contributed by atoms with E-state index < -0.39 is 10.0 Å². The topological polar surface area (TPSA) is 86.7 Å². The molecule has 3 atom stereocenters. The number of aliphatic hydroxyl groups excluding tert-OH is 1. The number of nitrogens with zero attached hydrogens (tertiary/aromatic N) is 1. The summed E-state index contributed by atoms with van der Waals surface area (Å²) in [5.41, 5.74) is -0.0293. The van der Waals surface area contributed by atoms with Gasteiger partial charge in [-0.2, -0.15) is 0 Å². The average molecular weight is 290 g/mol. The van der Waals surface area contributed by atoms with Crippen molar-refractivity contribution in [1.29, 1.82) is 0 Å². The van der Waals surface area contributed by atoms with Crippen molar-refractivity contribution in [2.45, 2.75) is 44.8 Å². The molecule has 0 aromatic heterocycles. The van der Waals surface area contributed by atoms with E-state index in [9.17, 15) is 18.3 Å². The summed E-state index contributed by atoms with van der Waals surface area (Å²) in [6, 6.07) is 0.129. The van der Waals surface area contributed by atoms with Crippen LogP contribution in [0, 0.1) is 5.41 Å². The molecule has 1 saturated carbocycles. The highest BCUT2D eigenvalue weighted by Gasteiger charge is 2.48. The van der Waals surface area contributed by atoms with Crippen molar-refractivity contribution in [3.63, 3.8) is 0 Å². The molecule has 0 unspecified atom stereocenters. The molecule has 7 heteroatoms. The monoisotopic (exact) mass is 290 g/mol. The van der Waals surface area contributed by atoms with Gasteiger partial charge in [0, 0.05) is 12.6 Å². The minimum absolute atomic E-state index is 0.0293. The minimum atomic E-state index is -3.34. The van der Waals surface area contributed by atoms with Crippen LogP contribution in [-0.4, -0.2) is 55.8 Å². The lowest BCUT2D eigenvalue weighted by molar-refractivity contribution is -0.133. The van der Waals surface area contributed by atoms with Crippen LogP contribution in [0.1, 0.15) is 32.6 Å². The van der Waals surface area contributed by atoms with E-state index in [-0.39, 0.29) is 30.0 Å². The molecule has 1 amide bonds. The van der Waals surface area contributed by atoms with E-state index in [0.717, 1.165) is 25.5 Å². The van der Waals surface area contributed by atoms with E-state index in [4.69, 9.17) is 0 Å². The number of sulfonamides is 1. The molecular weight excluding hydrogens is 268 g/mol. The Balaban J connectivity index is 2.01. The minimum Gasteiger partial charge on any atom is -0.393 e. The number of fused-ring (bicyclic) bond motifs is 1. The molecule has 1 aliphatic heterocycles. The van der Waals surface area contributed by atoms with Crippen LogP contribution in [0.3, 0.4) is 0 Å². The quantitative estimate of drug-likeness (QED) is 0.746. The van der Waals surface area contributed by atoms with Gasteiger partial charge in [-0.25, -0.2) is 13.1 Å². The summed E-state index contributed by atoms with van der Waals surface area (Å²) in [6.45, 7) is 2.59. The van der Waals surface area contributed by atoms with Crippen LogP contribution in [0.5, 0.6) is 0 Å². The molecule has 110 valence electrons. The first-order chi connectivity index (χ1) is 8.71. The zero-order chi connectivity index (χ0) is 14.3. The van der Waals surface area contributed by atoms with Gasteiger partial charge >= 0.3 is 0 Å². The van der Waals surface area contributed by atoms with Gasteiger partial charge in [0.05, 0.1) is 18.9 Å². The molecule has 1 aliphatic carbocycles. The fourth-order valence-corrected chi connectivity index (χ4v) is 3.79. The van der Waals surface area contributed by atoms with E-state index in [2.05, 4.69) is 11.6 Å². The average Bonchev–Trinajstić information content (AvgIpc) is 2.61. The molecule has 0 aromatic carbocycles. The highest BCUT2D eigenvalue weighted by Crippen LogP contribution is 2.46. The smallest absolute Gasteiger partial charge is 0.237 e. The van der Waals surface area contributed by atoms with Crippen LogP contribution in [0.2, 0.25) is 0 Å². The first-order valence-corrected chi connectivity index (χ1v) is 8.53. The summed E-state index contributed by atoms with van der Waals surface area (Å²) in [4.78, 5) is 13.9. The molecule has 2 fully saturated rings. The first-order valence-electron chi connectivity index (χ1n) is 6.63. The third kappa shape index (κ3) is 3.27. The van der Waals surface area contributed by atoms with Crippen LogP contribution in [0.4, 0.5) is 0 Å². The Kier molecular flexibility index (Phi) is 3.90. The Bertz CT molecular complexity index is 464. The molecule has 0 bridgehead atoms. The second-order valence-corrected chi connectivity index (χ2v) is 7.87. The largest absolute Gasteiger partial charge is 0.393 e. The fourth-order valence-electron chi connectivity index (χ4n) is 3.40. The second kappa shape index (κ2) is 5.03. The first kappa shape index (κ1) is 14.7. The molecule has 6 nitrogen and oxygen atoms in total. The molecule has 2 N–H and O–H groups in total. The van der Waals surface area contributed by atoms with Crippen molar-refractivity contribution in [2.24, 2.45) is 5.41 Å². The van der Waals surface area contributed by atoms with Gasteiger partial charge in [-0.3, -0.25) is 4.79 Å². The molecule has 2 rings (SSSR count). The van der Waals surface area contributed by atoms with Gasteiger partial charge in [0.15, 0.2) is 0 Å². The Labute approximate surface area is 114 Å². The fraction of sp³-hybridized carbons (Fsp3) is 0.917. The van der Waals surface area contributed by atoms with E-state index in [0.29, 0.717) is 13.0 Å². The maximum Gasteiger partial charge on any atom is 0.237 e. The molecule has 0 spiro atoms. The SMILES string of the molecule is C[C@@]12CCN(C(=O)CNS(C)(=O)=O)[C@@H]1CC[C@@H](O)C2. The van der Waals surface area contributed by atoms with Crippen molar-refractivity contribution in [1.82, 2.24) is 9.62 Å². The van der Waals surface area contributed by atoms with Crippen molar-refractivity contribution in [3.05, 3.63) is 0 Å². The normalized spacial score (nSPS) is 35.2. The van der Waals surface area contributed by atoms with E-state index in [1.165, 1.54) is 0 Å². The number of amides is 1. The molecule has 0 aromatic rings. The molecule has 19 heavy (non-hydrogen) atoms. The number of aliphatic hydroxyl groups is 1. The highest BCUT2D eigenvalue weighted by molar-refractivity contribution is 7.88. The van der Waals surface area contributed by atoms with Gasteiger partial charge < -0.3 is 10.0 Å². The zero-order valence-electron chi connectivity index (χ0n) is 11.4. The van der Waals surface area contributed by atoms with E-state index in [1.807, 2.05) is 0 Å². The van der Waals surface area contributed by atoms with Crippen LogP contribution in [-0.2, 0) is 14.8 Å². The van der Waals surface area contributed by atoms with Crippen LogP contribution < -0.4 is 4.72 Å². The van der Waals surface area contributed by atoms with Gasteiger partial charge in [0.1, 0.15) is 0 Å². The number of hydrogen-bond donors (Lipinski definition) is 2. The van der Waals surface area contributed by atoms with Gasteiger partial charge in [-0.05, 0) is 31.1 Å². The van der Waals surface area contributed by atoms with Gasteiger partial charge in [-0.1, -0.05) is 6.92 Å². The predicted molar refractivity (Wildman–Crippen MR) is 70.9 cm³/mol. The van der Waals surface area contributed by atoms with Crippen LogP contribution in [0.15, 0.2) is 0 Å². The summed E-state index contributed by atoms with van der Waals surface area (Å²) < 4.78 is 24.3. The van der Waals surface area contributed by atoms with Crippen LogP contribution in [0.25, 0.3) is 0 Å². The summed E-state index contributed by atoms with van der Waals surface area (Å²) in [5, 5.41) is 9.76. The van der Waals surface area contributed by atoms with Gasteiger partial charge in [-0.15, -0.1) is 0 Å². The predicted octanol–water partition coefficient (Wildman–Crippen LogP) is -0.312. The summed E-state index contributed by atoms with van der Waals surface area (Å²) in [7, 11) is -3.34. The second-order valence-electron chi connectivity index (χ2n) is 6.04. The maximum atomic E-state index is 12.1. The van der Waals surface area contributed by atoms with Crippen molar-refractivity contribution in [3.8, 4) is 0 Å². The lowest BCUT2D eigenvalue weighted by atomic mass is 9.71. The number of nitrogens with one attached hydrogen (secondary N) is 1. The summed E-state index contributed by atoms with van der Waals surface area (Å²) >= 11 is 0. The van der Waals surface area contributed by atoms with E-state index >= 15 is 0 Å². The van der Waals surface area contributed by atoms with Gasteiger partial charge in [0.25, 0.3) is 0 Å². The van der Waals surface area contributed by atoms with E-state index in [1.54, 1.807) is 4.90 Å². The molecule has 1 saturated heterocycles. The Morgan fingerprint density at radius 3 is 2.79 bits per heavy atom. The number of hydrogen-bond acceptors (Lipinski definition) is 4. The van der Waals surface area contributed by atoms with Crippen LogP contribution >= 0.6 is 0 Å². The Morgan fingerprint density at radius 2 is 2.16 bits per heavy atom. The molecule has 1 heterocycles. The zero-order valence-corrected chi connectivity index (χ0v) is 12.2.